The van der Waals surface area contributed by atoms with Crippen molar-refractivity contribution in [2.45, 2.75) is 13.8 Å². The molecule has 1 aromatic rings. The van der Waals surface area contributed by atoms with Crippen LogP contribution in [0.3, 0.4) is 0 Å². The van der Waals surface area contributed by atoms with Gasteiger partial charge in [0.1, 0.15) is 0 Å². The van der Waals surface area contributed by atoms with Gasteiger partial charge in [-0.2, -0.15) is 5.23 Å². The lowest BCUT2D eigenvalue weighted by Gasteiger charge is -2.15. The minimum absolute atomic E-state index is 0.0601. The number of aromatic hydroxyl groups is 1. The topological polar surface area (TPSA) is 85.0 Å². The Kier molecular flexibility index (Phi) is 3.41. The van der Waals surface area contributed by atoms with Crippen LogP contribution in [0.15, 0.2) is 18.2 Å². The van der Waals surface area contributed by atoms with Crippen molar-refractivity contribution in [3.63, 3.8) is 0 Å². The van der Waals surface area contributed by atoms with Gasteiger partial charge in [-0.15, -0.1) is 0 Å². The number of hydrogen-bond donors (Lipinski definition) is 3. The number of rotatable bonds is 3. The van der Waals surface area contributed by atoms with Crippen LogP contribution >= 0.6 is 0 Å². The normalized spacial score (nSPS) is 12.9. The standard InChI is InChI=1S/C10H13NO4/c1-6(2)9(12)7-4-3-5-8(10(7)13)11(14)15/h3-6,11,13-14H,1-2H3. The molecule has 1 unspecified atom stereocenters. The lowest BCUT2D eigenvalue weighted by atomic mass is 10.00. The van der Waals surface area contributed by atoms with E-state index in [4.69, 9.17) is 5.21 Å². The molecule has 0 amide bonds. The van der Waals surface area contributed by atoms with Crippen LogP contribution < -0.4 is 5.23 Å². The van der Waals surface area contributed by atoms with Gasteiger partial charge in [0.2, 0.25) is 5.69 Å². The molecule has 0 spiro atoms. The number of quaternary nitrogens is 1. The third-order valence-electron chi connectivity index (χ3n) is 2.06. The summed E-state index contributed by atoms with van der Waals surface area (Å²) in [7, 11) is 0. The van der Waals surface area contributed by atoms with Crippen LogP contribution in [0.2, 0.25) is 0 Å². The van der Waals surface area contributed by atoms with E-state index in [2.05, 4.69) is 0 Å². The average Bonchev–Trinajstić information content (AvgIpc) is 2.16. The summed E-state index contributed by atoms with van der Waals surface area (Å²) in [6, 6.07) is 4.12. The van der Waals surface area contributed by atoms with E-state index in [1.165, 1.54) is 18.2 Å². The summed E-state index contributed by atoms with van der Waals surface area (Å²) in [5.41, 5.74) is -0.189. The lowest BCUT2D eigenvalue weighted by Crippen LogP contribution is -2.99. The molecule has 0 radical (unpaired) electrons. The van der Waals surface area contributed by atoms with Crippen LogP contribution in [0.25, 0.3) is 0 Å². The molecule has 1 rings (SSSR count). The molecule has 0 aliphatic carbocycles. The Bertz CT molecular complexity index is 374. The van der Waals surface area contributed by atoms with Crippen LogP contribution in [-0.2, 0) is 0 Å². The van der Waals surface area contributed by atoms with Crippen molar-refractivity contribution in [2.75, 3.05) is 0 Å². The molecule has 0 aliphatic rings. The lowest BCUT2D eigenvalue weighted by molar-refractivity contribution is -0.991. The Balaban J connectivity index is 3.21. The summed E-state index contributed by atoms with van der Waals surface area (Å²) < 4.78 is 0. The number of nitrogens with one attached hydrogen (secondary N) is 1. The maximum atomic E-state index is 11.6. The number of ketones is 1. The largest absolute Gasteiger partial charge is 0.595 e. The molecule has 0 saturated heterocycles. The van der Waals surface area contributed by atoms with Gasteiger partial charge in [-0.25, -0.2) is 5.21 Å². The summed E-state index contributed by atoms with van der Waals surface area (Å²) >= 11 is 0. The van der Waals surface area contributed by atoms with Gasteiger partial charge in [0.15, 0.2) is 11.5 Å². The van der Waals surface area contributed by atoms with Crippen molar-refractivity contribution in [1.82, 2.24) is 0 Å². The Morgan fingerprint density at radius 2 is 2.07 bits per heavy atom. The first kappa shape index (κ1) is 11.6. The second kappa shape index (κ2) is 4.39. The van der Waals surface area contributed by atoms with Crippen molar-refractivity contribution in [3.8, 4) is 5.75 Å². The molecule has 1 aromatic carbocycles. The van der Waals surface area contributed by atoms with Crippen LogP contribution in [0, 0.1) is 11.1 Å². The van der Waals surface area contributed by atoms with E-state index in [9.17, 15) is 15.1 Å². The number of phenols is 1. The molecule has 3 N–H and O–H groups in total. The van der Waals surface area contributed by atoms with Crippen molar-refractivity contribution in [2.24, 2.45) is 5.92 Å². The second-order valence-electron chi connectivity index (χ2n) is 3.53. The van der Waals surface area contributed by atoms with Crippen LogP contribution in [-0.4, -0.2) is 16.1 Å². The zero-order valence-corrected chi connectivity index (χ0v) is 8.52. The molecule has 5 heteroatoms. The summed E-state index contributed by atoms with van der Waals surface area (Å²) in [6.45, 7) is 3.38. The summed E-state index contributed by atoms with van der Waals surface area (Å²) in [5.74, 6) is -1.00. The third kappa shape index (κ3) is 2.33. The number of para-hydroxylation sites is 1. The predicted octanol–water partition coefficient (Wildman–Crippen LogP) is 0.634. The summed E-state index contributed by atoms with van der Waals surface area (Å²) in [5, 5.41) is 27.8. The van der Waals surface area contributed by atoms with E-state index in [1.807, 2.05) is 0 Å². The van der Waals surface area contributed by atoms with Gasteiger partial charge in [0.25, 0.3) is 0 Å². The van der Waals surface area contributed by atoms with Gasteiger partial charge in [-0.3, -0.25) is 4.79 Å². The highest BCUT2D eigenvalue weighted by Gasteiger charge is 2.19. The fourth-order valence-electron chi connectivity index (χ4n) is 1.23. The van der Waals surface area contributed by atoms with Gasteiger partial charge < -0.3 is 10.3 Å². The first-order valence-corrected chi connectivity index (χ1v) is 4.54. The summed E-state index contributed by atoms with van der Waals surface area (Å²) in [6.07, 6.45) is 0. The molecule has 1 atom stereocenters. The highest BCUT2D eigenvalue weighted by Crippen LogP contribution is 2.26. The maximum Gasteiger partial charge on any atom is 0.206 e. The van der Waals surface area contributed by atoms with E-state index in [1.54, 1.807) is 13.8 Å². The third-order valence-corrected chi connectivity index (χ3v) is 2.06. The second-order valence-corrected chi connectivity index (χ2v) is 3.53. The number of hydrogen-bond acceptors (Lipinski definition) is 4. The molecule has 0 aromatic heterocycles. The van der Waals surface area contributed by atoms with Crippen molar-refractivity contribution >= 4 is 11.5 Å². The van der Waals surface area contributed by atoms with E-state index in [-0.39, 0.29) is 23.0 Å². The van der Waals surface area contributed by atoms with Gasteiger partial charge >= 0.3 is 0 Å². The number of Topliss-reactive ketones (excluding diaryl/α,β-unsaturated/α-hetero) is 1. The monoisotopic (exact) mass is 211 g/mol. The Morgan fingerprint density at radius 1 is 1.47 bits per heavy atom. The Labute approximate surface area is 87.1 Å². The van der Waals surface area contributed by atoms with Crippen molar-refractivity contribution < 1.29 is 20.3 Å². The number of carbonyl (C=O) groups is 1. The fraction of sp³-hybridized carbons (Fsp3) is 0.300. The molecule has 0 aliphatic heterocycles. The number of phenolic OH excluding ortho intramolecular Hbond substituents is 1. The quantitative estimate of drug-likeness (QED) is 0.389. The van der Waals surface area contributed by atoms with E-state index >= 15 is 0 Å². The molecule has 0 bridgehead atoms. The SMILES string of the molecule is CC(C)C(=O)c1cccc([NH+]([O-])O)c1O. The predicted molar refractivity (Wildman–Crippen MR) is 53.1 cm³/mol. The van der Waals surface area contributed by atoms with Crippen LogP contribution in [0.1, 0.15) is 24.2 Å². The smallest absolute Gasteiger partial charge is 0.206 e. The molecular weight excluding hydrogens is 198 g/mol. The first-order valence-electron chi connectivity index (χ1n) is 4.54. The molecule has 0 saturated carbocycles. The van der Waals surface area contributed by atoms with Gasteiger partial charge in [0.05, 0.1) is 5.56 Å². The highest BCUT2D eigenvalue weighted by molar-refractivity contribution is 6.00. The first-order chi connectivity index (χ1) is 6.95. The molecule has 0 fully saturated rings. The fourth-order valence-corrected chi connectivity index (χ4v) is 1.23. The molecule has 5 nitrogen and oxygen atoms in total. The number of carbonyl (C=O) groups excluding carboxylic acids is 1. The van der Waals surface area contributed by atoms with Crippen molar-refractivity contribution in [1.29, 1.82) is 0 Å². The minimum Gasteiger partial charge on any atom is -0.595 e. The van der Waals surface area contributed by atoms with Gasteiger partial charge in [-0.1, -0.05) is 19.9 Å². The van der Waals surface area contributed by atoms with Crippen LogP contribution in [0.5, 0.6) is 5.75 Å². The van der Waals surface area contributed by atoms with Crippen molar-refractivity contribution in [3.05, 3.63) is 29.0 Å². The van der Waals surface area contributed by atoms with Crippen LogP contribution in [0.4, 0.5) is 5.69 Å². The van der Waals surface area contributed by atoms with E-state index in [0.29, 0.717) is 0 Å². The molecule has 82 valence electrons. The Hall–Kier alpha value is -1.43. The van der Waals surface area contributed by atoms with E-state index < -0.39 is 11.0 Å². The zero-order chi connectivity index (χ0) is 11.6. The average molecular weight is 211 g/mol. The number of benzene rings is 1. The molecule has 0 heterocycles. The minimum atomic E-state index is -1.24. The van der Waals surface area contributed by atoms with Gasteiger partial charge in [0, 0.05) is 12.0 Å². The highest BCUT2D eigenvalue weighted by atomic mass is 16.8. The molecule has 15 heavy (non-hydrogen) atoms. The van der Waals surface area contributed by atoms with Gasteiger partial charge in [-0.05, 0) is 6.07 Å². The molecular formula is C10H13NO4. The Morgan fingerprint density at radius 3 is 2.53 bits per heavy atom. The summed E-state index contributed by atoms with van der Waals surface area (Å²) in [4.78, 5) is 11.6. The zero-order valence-electron chi connectivity index (χ0n) is 8.52. The maximum absolute atomic E-state index is 11.6. The van der Waals surface area contributed by atoms with E-state index in [0.717, 1.165) is 0 Å².